The van der Waals surface area contributed by atoms with Gasteiger partial charge in [0.2, 0.25) is 0 Å². The minimum absolute atomic E-state index is 0. The molecule has 102 valence electrons. The molecule has 0 radical (unpaired) electrons. The SMILES string of the molecule is CC(C)(N)CNC(=O)c1ccc2ccccc2c1.Cl. The van der Waals surface area contributed by atoms with Crippen LogP contribution < -0.4 is 11.1 Å². The largest absolute Gasteiger partial charge is 0.350 e. The maximum absolute atomic E-state index is 12.0. The molecule has 0 fully saturated rings. The zero-order valence-electron chi connectivity index (χ0n) is 11.1. The van der Waals surface area contributed by atoms with Crippen LogP contribution in [-0.4, -0.2) is 18.0 Å². The van der Waals surface area contributed by atoms with Crippen molar-refractivity contribution in [1.29, 1.82) is 0 Å². The molecule has 0 bridgehead atoms. The number of fused-ring (bicyclic) bond motifs is 1. The van der Waals surface area contributed by atoms with Crippen molar-refractivity contribution >= 4 is 29.1 Å². The minimum Gasteiger partial charge on any atom is -0.350 e. The van der Waals surface area contributed by atoms with Crippen LogP contribution in [0, 0.1) is 0 Å². The fraction of sp³-hybridized carbons (Fsp3) is 0.267. The molecule has 0 saturated carbocycles. The van der Waals surface area contributed by atoms with E-state index in [1.54, 1.807) is 0 Å². The highest BCUT2D eigenvalue weighted by Crippen LogP contribution is 2.15. The predicted octanol–water partition coefficient (Wildman–Crippen LogP) is 2.73. The summed E-state index contributed by atoms with van der Waals surface area (Å²) in [5.41, 5.74) is 6.11. The predicted molar refractivity (Wildman–Crippen MR) is 81.8 cm³/mol. The Morgan fingerprint density at radius 3 is 2.42 bits per heavy atom. The molecule has 19 heavy (non-hydrogen) atoms. The molecule has 0 saturated heterocycles. The van der Waals surface area contributed by atoms with Gasteiger partial charge < -0.3 is 11.1 Å². The van der Waals surface area contributed by atoms with E-state index >= 15 is 0 Å². The minimum atomic E-state index is -0.396. The number of carbonyl (C=O) groups excluding carboxylic acids is 1. The fourth-order valence-corrected chi connectivity index (χ4v) is 1.74. The molecule has 0 spiro atoms. The number of halogens is 1. The first-order valence-electron chi connectivity index (χ1n) is 6.02. The molecule has 0 aliphatic heterocycles. The van der Waals surface area contributed by atoms with E-state index in [9.17, 15) is 4.79 Å². The van der Waals surface area contributed by atoms with Crippen molar-refractivity contribution in [3.8, 4) is 0 Å². The van der Waals surface area contributed by atoms with Crippen LogP contribution in [0.15, 0.2) is 42.5 Å². The highest BCUT2D eigenvalue weighted by Gasteiger charge is 2.13. The van der Waals surface area contributed by atoms with Crippen molar-refractivity contribution in [2.75, 3.05) is 6.54 Å². The lowest BCUT2D eigenvalue weighted by Gasteiger charge is -2.18. The summed E-state index contributed by atoms with van der Waals surface area (Å²) in [7, 11) is 0. The number of nitrogens with two attached hydrogens (primary N) is 1. The van der Waals surface area contributed by atoms with Gasteiger partial charge in [0.25, 0.3) is 5.91 Å². The van der Waals surface area contributed by atoms with Crippen LogP contribution in [0.25, 0.3) is 10.8 Å². The zero-order chi connectivity index (χ0) is 13.2. The molecular formula is C15H19ClN2O. The van der Waals surface area contributed by atoms with Gasteiger partial charge in [-0.05, 0) is 36.8 Å². The standard InChI is InChI=1S/C15H18N2O.ClH/c1-15(2,16)10-17-14(18)13-8-7-11-5-3-4-6-12(11)9-13;/h3-9H,10,16H2,1-2H3,(H,17,18);1H. The van der Waals surface area contributed by atoms with E-state index in [0.717, 1.165) is 10.8 Å². The summed E-state index contributed by atoms with van der Waals surface area (Å²) in [6.07, 6.45) is 0. The van der Waals surface area contributed by atoms with Gasteiger partial charge in [-0.2, -0.15) is 0 Å². The lowest BCUT2D eigenvalue weighted by molar-refractivity contribution is 0.0946. The maximum Gasteiger partial charge on any atom is 0.251 e. The normalized spacial score (nSPS) is 10.9. The molecule has 0 atom stereocenters. The van der Waals surface area contributed by atoms with Crippen molar-refractivity contribution < 1.29 is 4.79 Å². The van der Waals surface area contributed by atoms with Crippen molar-refractivity contribution in [1.82, 2.24) is 5.32 Å². The summed E-state index contributed by atoms with van der Waals surface area (Å²) in [6, 6.07) is 13.7. The monoisotopic (exact) mass is 278 g/mol. The Balaban J connectivity index is 0.00000180. The van der Waals surface area contributed by atoms with Crippen LogP contribution in [0.4, 0.5) is 0 Å². The molecule has 1 amide bonds. The van der Waals surface area contributed by atoms with Crippen molar-refractivity contribution in [3.05, 3.63) is 48.0 Å². The summed E-state index contributed by atoms with van der Waals surface area (Å²) in [5, 5.41) is 5.04. The number of rotatable bonds is 3. The molecule has 2 aromatic rings. The smallest absolute Gasteiger partial charge is 0.251 e. The molecule has 0 aliphatic carbocycles. The molecule has 0 unspecified atom stereocenters. The van der Waals surface area contributed by atoms with E-state index in [4.69, 9.17) is 5.73 Å². The second kappa shape index (κ2) is 6.04. The summed E-state index contributed by atoms with van der Waals surface area (Å²) >= 11 is 0. The van der Waals surface area contributed by atoms with Gasteiger partial charge in [-0.3, -0.25) is 4.79 Å². The van der Waals surface area contributed by atoms with Gasteiger partial charge in [0.1, 0.15) is 0 Å². The van der Waals surface area contributed by atoms with Gasteiger partial charge in [-0.25, -0.2) is 0 Å². The third-order valence-corrected chi connectivity index (χ3v) is 2.72. The van der Waals surface area contributed by atoms with Gasteiger partial charge in [-0.1, -0.05) is 30.3 Å². The molecule has 4 heteroatoms. The topological polar surface area (TPSA) is 55.1 Å². The zero-order valence-corrected chi connectivity index (χ0v) is 12.0. The maximum atomic E-state index is 12.0. The van der Waals surface area contributed by atoms with Crippen molar-refractivity contribution in [2.45, 2.75) is 19.4 Å². The van der Waals surface area contributed by atoms with Crippen LogP contribution >= 0.6 is 12.4 Å². The Hall–Kier alpha value is -1.58. The van der Waals surface area contributed by atoms with E-state index < -0.39 is 5.54 Å². The molecular weight excluding hydrogens is 260 g/mol. The number of carbonyl (C=O) groups is 1. The second-order valence-corrected chi connectivity index (χ2v) is 5.23. The highest BCUT2D eigenvalue weighted by atomic mass is 35.5. The average Bonchev–Trinajstić information content (AvgIpc) is 2.34. The quantitative estimate of drug-likeness (QED) is 0.907. The number of hydrogen-bond donors (Lipinski definition) is 2. The number of nitrogens with one attached hydrogen (secondary N) is 1. The lowest BCUT2D eigenvalue weighted by atomic mass is 10.1. The third-order valence-electron chi connectivity index (χ3n) is 2.72. The number of hydrogen-bond acceptors (Lipinski definition) is 2. The van der Waals surface area contributed by atoms with E-state index in [1.165, 1.54) is 0 Å². The summed E-state index contributed by atoms with van der Waals surface area (Å²) in [5.74, 6) is -0.0840. The first kappa shape index (κ1) is 15.5. The van der Waals surface area contributed by atoms with E-state index in [2.05, 4.69) is 5.32 Å². The molecule has 2 aromatic carbocycles. The first-order chi connectivity index (χ1) is 8.46. The second-order valence-electron chi connectivity index (χ2n) is 5.23. The summed E-state index contributed by atoms with van der Waals surface area (Å²) in [4.78, 5) is 12.0. The first-order valence-corrected chi connectivity index (χ1v) is 6.02. The fourth-order valence-electron chi connectivity index (χ4n) is 1.74. The van der Waals surface area contributed by atoms with E-state index in [-0.39, 0.29) is 18.3 Å². The molecule has 0 aliphatic rings. The van der Waals surface area contributed by atoms with Gasteiger partial charge in [0, 0.05) is 17.6 Å². The Morgan fingerprint density at radius 2 is 1.79 bits per heavy atom. The van der Waals surface area contributed by atoms with Crippen LogP contribution in [0.1, 0.15) is 24.2 Å². The molecule has 2 rings (SSSR count). The van der Waals surface area contributed by atoms with Crippen LogP contribution in [0.3, 0.4) is 0 Å². The van der Waals surface area contributed by atoms with Crippen molar-refractivity contribution in [2.24, 2.45) is 5.73 Å². The summed E-state index contributed by atoms with van der Waals surface area (Å²) < 4.78 is 0. The molecule has 3 nitrogen and oxygen atoms in total. The van der Waals surface area contributed by atoms with Gasteiger partial charge in [0.05, 0.1) is 0 Å². The van der Waals surface area contributed by atoms with Crippen LogP contribution in [0.2, 0.25) is 0 Å². The van der Waals surface area contributed by atoms with Gasteiger partial charge >= 0.3 is 0 Å². The van der Waals surface area contributed by atoms with E-state index in [1.807, 2.05) is 56.3 Å². The van der Waals surface area contributed by atoms with Crippen LogP contribution in [-0.2, 0) is 0 Å². The van der Waals surface area contributed by atoms with Gasteiger partial charge in [-0.15, -0.1) is 12.4 Å². The molecule has 0 heterocycles. The van der Waals surface area contributed by atoms with Gasteiger partial charge in [0.15, 0.2) is 0 Å². The Morgan fingerprint density at radius 1 is 1.16 bits per heavy atom. The molecule has 0 aromatic heterocycles. The Bertz CT molecular complexity index is 576. The Labute approximate surface area is 119 Å². The van der Waals surface area contributed by atoms with Crippen molar-refractivity contribution in [3.63, 3.8) is 0 Å². The number of benzene rings is 2. The number of amides is 1. The Kier molecular flexibility index (Phi) is 4.92. The van der Waals surface area contributed by atoms with Crippen LogP contribution in [0.5, 0.6) is 0 Å². The lowest BCUT2D eigenvalue weighted by Crippen LogP contribution is -2.45. The summed E-state index contributed by atoms with van der Waals surface area (Å²) in [6.45, 7) is 4.22. The highest BCUT2D eigenvalue weighted by molar-refractivity contribution is 5.98. The average molecular weight is 279 g/mol. The third kappa shape index (κ3) is 4.23. The molecule has 3 N–H and O–H groups in total. The van der Waals surface area contributed by atoms with E-state index in [0.29, 0.717) is 12.1 Å².